The first-order chi connectivity index (χ1) is 16.9. The first-order valence-electron chi connectivity index (χ1n) is 10.9. The van der Waals surface area contributed by atoms with Crippen LogP contribution in [0, 0.1) is 10.1 Å². The number of nitrogens with zero attached hydrogens (tertiary/aromatic N) is 6. The number of phenols is 2. The van der Waals surface area contributed by atoms with Crippen LogP contribution in [0.2, 0.25) is 0 Å². The third-order valence-corrected chi connectivity index (χ3v) is 5.95. The Hall–Kier alpha value is -4.00. The van der Waals surface area contributed by atoms with Gasteiger partial charge in [-0.25, -0.2) is 5.43 Å². The molecule has 13 heteroatoms. The van der Waals surface area contributed by atoms with Crippen molar-refractivity contribution in [3.05, 3.63) is 56.5 Å². The molecule has 2 aromatic carbocycles. The van der Waals surface area contributed by atoms with Crippen molar-refractivity contribution in [2.45, 2.75) is 25.7 Å². The number of halogens is 1. The molecule has 1 aliphatic rings. The molecule has 0 radical (unpaired) electrons. The summed E-state index contributed by atoms with van der Waals surface area (Å²) in [6, 6.07) is 8.66. The van der Waals surface area contributed by atoms with Crippen molar-refractivity contribution in [1.82, 2.24) is 15.0 Å². The van der Waals surface area contributed by atoms with E-state index in [1.165, 1.54) is 30.5 Å². The summed E-state index contributed by atoms with van der Waals surface area (Å²) in [5.41, 5.74) is 3.69. The van der Waals surface area contributed by atoms with Crippen LogP contribution in [-0.2, 0) is 0 Å². The average Bonchev–Trinajstić information content (AvgIpc) is 3.12. The zero-order valence-corrected chi connectivity index (χ0v) is 20.1. The second kappa shape index (κ2) is 11.0. The van der Waals surface area contributed by atoms with Crippen LogP contribution >= 0.6 is 15.9 Å². The molecule has 0 bridgehead atoms. The predicted octanol–water partition coefficient (Wildman–Crippen LogP) is 4.52. The van der Waals surface area contributed by atoms with E-state index >= 15 is 0 Å². The van der Waals surface area contributed by atoms with Crippen LogP contribution in [0.25, 0.3) is 0 Å². The fourth-order valence-corrected chi connectivity index (χ4v) is 3.87. The standard InChI is InChI=1S/C22H23BrN8O4/c23-17-11-14(18(32)12-19(17)33)13-24-29-21-26-20(25-15-5-7-16(8-6-15)31(34)35)27-22(28-21)30-9-3-1-2-4-10-30/h5-8,11-13,32-33H,1-4,9-10H2,(H2,25,26,27,28,29). The fourth-order valence-electron chi connectivity index (χ4n) is 3.51. The van der Waals surface area contributed by atoms with Gasteiger partial charge in [0.25, 0.3) is 5.69 Å². The van der Waals surface area contributed by atoms with Crippen LogP contribution in [0.4, 0.5) is 29.2 Å². The predicted molar refractivity (Wildman–Crippen MR) is 136 cm³/mol. The summed E-state index contributed by atoms with van der Waals surface area (Å²) in [6.07, 6.45) is 5.74. The minimum absolute atomic E-state index is 0.0164. The highest BCUT2D eigenvalue weighted by Crippen LogP contribution is 2.30. The lowest BCUT2D eigenvalue weighted by atomic mass is 10.2. The molecular formula is C22H23BrN8O4. The van der Waals surface area contributed by atoms with Gasteiger partial charge in [-0.15, -0.1) is 0 Å². The molecule has 4 N–H and O–H groups in total. The molecule has 1 saturated heterocycles. The molecule has 12 nitrogen and oxygen atoms in total. The first kappa shape index (κ1) is 24.1. The summed E-state index contributed by atoms with van der Waals surface area (Å²) in [7, 11) is 0. The molecule has 0 amide bonds. The van der Waals surface area contributed by atoms with Crippen molar-refractivity contribution in [1.29, 1.82) is 0 Å². The van der Waals surface area contributed by atoms with Gasteiger partial charge in [-0.3, -0.25) is 10.1 Å². The zero-order chi connectivity index (χ0) is 24.8. The normalized spacial score (nSPS) is 14.0. The van der Waals surface area contributed by atoms with Gasteiger partial charge in [0.2, 0.25) is 17.8 Å². The quantitative estimate of drug-likeness (QED) is 0.189. The Bertz CT molecular complexity index is 1230. The molecule has 0 saturated carbocycles. The number of hydrogen-bond acceptors (Lipinski definition) is 11. The van der Waals surface area contributed by atoms with E-state index in [0.717, 1.165) is 38.8 Å². The second-order valence-electron chi connectivity index (χ2n) is 7.85. The Kier molecular flexibility index (Phi) is 7.55. The van der Waals surface area contributed by atoms with E-state index in [1.54, 1.807) is 12.1 Å². The van der Waals surface area contributed by atoms with Gasteiger partial charge in [-0.05, 0) is 47.0 Å². The lowest BCUT2D eigenvalue weighted by Crippen LogP contribution is -2.26. The number of nitrogens with one attached hydrogen (secondary N) is 2. The highest BCUT2D eigenvalue weighted by Gasteiger charge is 2.16. The number of aromatic hydroxyl groups is 2. The maximum absolute atomic E-state index is 10.9. The number of nitro benzene ring substituents is 1. The van der Waals surface area contributed by atoms with Crippen molar-refractivity contribution in [3.8, 4) is 11.5 Å². The topological polar surface area (TPSA) is 162 Å². The molecule has 3 aromatic rings. The fraction of sp³-hybridized carbons (Fsp3) is 0.273. The number of non-ortho nitro benzene ring substituents is 1. The largest absolute Gasteiger partial charge is 0.507 e. The molecule has 0 spiro atoms. The van der Waals surface area contributed by atoms with E-state index < -0.39 is 4.92 Å². The highest BCUT2D eigenvalue weighted by atomic mass is 79.9. The SMILES string of the molecule is O=[N+]([O-])c1ccc(Nc2nc(NN=Cc3cc(Br)c(O)cc3O)nc(N3CCCCCC3)n2)cc1. The van der Waals surface area contributed by atoms with Crippen molar-refractivity contribution in [3.63, 3.8) is 0 Å². The van der Waals surface area contributed by atoms with E-state index in [2.05, 4.69) is 51.6 Å². The summed E-state index contributed by atoms with van der Waals surface area (Å²) in [4.78, 5) is 25.9. The molecule has 2 heterocycles. The van der Waals surface area contributed by atoms with Crippen LogP contribution < -0.4 is 15.6 Å². The van der Waals surface area contributed by atoms with Gasteiger partial charge >= 0.3 is 0 Å². The second-order valence-corrected chi connectivity index (χ2v) is 8.70. The lowest BCUT2D eigenvalue weighted by molar-refractivity contribution is -0.384. The number of aromatic nitrogens is 3. The average molecular weight is 543 g/mol. The van der Waals surface area contributed by atoms with Crippen LogP contribution in [0.1, 0.15) is 31.2 Å². The van der Waals surface area contributed by atoms with Gasteiger partial charge in [0, 0.05) is 42.5 Å². The van der Waals surface area contributed by atoms with E-state index in [-0.39, 0.29) is 29.1 Å². The van der Waals surface area contributed by atoms with Crippen LogP contribution in [-0.4, -0.2) is 49.4 Å². The number of hydrogen-bond donors (Lipinski definition) is 4. The molecule has 0 atom stereocenters. The number of hydrazone groups is 1. The van der Waals surface area contributed by atoms with Crippen molar-refractivity contribution >= 4 is 51.4 Å². The molecule has 0 unspecified atom stereocenters. The van der Waals surface area contributed by atoms with Crippen LogP contribution in [0.3, 0.4) is 0 Å². The molecule has 35 heavy (non-hydrogen) atoms. The summed E-state index contributed by atoms with van der Waals surface area (Å²) < 4.78 is 0.412. The maximum Gasteiger partial charge on any atom is 0.269 e. The molecule has 1 aliphatic heterocycles. The third-order valence-electron chi connectivity index (χ3n) is 5.31. The highest BCUT2D eigenvalue weighted by molar-refractivity contribution is 9.10. The zero-order valence-electron chi connectivity index (χ0n) is 18.6. The Morgan fingerprint density at radius 1 is 1.00 bits per heavy atom. The lowest BCUT2D eigenvalue weighted by Gasteiger charge is -2.21. The number of anilines is 4. The molecule has 1 fully saturated rings. The smallest absolute Gasteiger partial charge is 0.269 e. The van der Waals surface area contributed by atoms with Gasteiger partial charge in [0.1, 0.15) is 11.5 Å². The number of nitro groups is 1. The molecule has 1 aromatic heterocycles. The van der Waals surface area contributed by atoms with Gasteiger partial charge in [-0.2, -0.15) is 20.1 Å². The monoisotopic (exact) mass is 542 g/mol. The third kappa shape index (κ3) is 6.32. The Labute approximate surface area is 209 Å². The Balaban J connectivity index is 1.59. The summed E-state index contributed by atoms with van der Waals surface area (Å²) >= 11 is 3.20. The van der Waals surface area contributed by atoms with Gasteiger partial charge in [0.05, 0.1) is 15.6 Å². The van der Waals surface area contributed by atoms with Crippen molar-refractivity contribution in [2.24, 2.45) is 5.10 Å². The summed E-state index contributed by atoms with van der Waals surface area (Å²) in [5.74, 6) is 0.685. The van der Waals surface area contributed by atoms with E-state index in [0.29, 0.717) is 21.7 Å². The maximum atomic E-state index is 10.9. The first-order valence-corrected chi connectivity index (χ1v) is 11.7. The molecule has 4 rings (SSSR count). The van der Waals surface area contributed by atoms with Gasteiger partial charge in [-0.1, -0.05) is 12.8 Å². The number of phenolic OH excluding ortho intramolecular Hbond substituents is 2. The van der Waals surface area contributed by atoms with E-state index in [1.807, 2.05) is 0 Å². The Morgan fingerprint density at radius 2 is 1.69 bits per heavy atom. The summed E-state index contributed by atoms with van der Waals surface area (Å²) in [5, 5.41) is 37.8. The summed E-state index contributed by atoms with van der Waals surface area (Å²) in [6.45, 7) is 1.64. The molecule has 0 aliphatic carbocycles. The minimum atomic E-state index is -0.464. The molecular weight excluding hydrogens is 520 g/mol. The van der Waals surface area contributed by atoms with Gasteiger partial charge < -0.3 is 20.4 Å². The van der Waals surface area contributed by atoms with Crippen molar-refractivity contribution in [2.75, 3.05) is 28.7 Å². The number of rotatable bonds is 7. The number of benzene rings is 2. The van der Waals surface area contributed by atoms with E-state index in [9.17, 15) is 20.3 Å². The Morgan fingerprint density at radius 3 is 2.37 bits per heavy atom. The van der Waals surface area contributed by atoms with Gasteiger partial charge in [0.15, 0.2) is 0 Å². The molecule has 182 valence electrons. The van der Waals surface area contributed by atoms with Crippen molar-refractivity contribution < 1.29 is 15.1 Å². The van der Waals surface area contributed by atoms with Crippen LogP contribution in [0.5, 0.6) is 11.5 Å². The van der Waals surface area contributed by atoms with E-state index in [4.69, 9.17) is 0 Å². The van der Waals surface area contributed by atoms with Crippen LogP contribution in [0.15, 0.2) is 46.0 Å². The minimum Gasteiger partial charge on any atom is -0.507 e.